The molecule has 0 unspecified atom stereocenters. The molecule has 106 valence electrons. The van der Waals surface area contributed by atoms with Gasteiger partial charge in [0.2, 0.25) is 11.8 Å². The summed E-state index contributed by atoms with van der Waals surface area (Å²) in [5.74, 6) is 5.75. The summed E-state index contributed by atoms with van der Waals surface area (Å²) in [6, 6.07) is 0. The number of nitro groups is 1. The Morgan fingerprint density at radius 1 is 1.42 bits per heavy atom. The molecular weight excluding hydrogens is 248 g/mol. The largest absolute Gasteiger partial charge is 0.354 e. The number of hydrogen-bond donors (Lipinski definition) is 2. The molecule has 19 heavy (non-hydrogen) atoms. The van der Waals surface area contributed by atoms with E-state index in [1.54, 1.807) is 18.9 Å². The van der Waals surface area contributed by atoms with Gasteiger partial charge in [-0.1, -0.05) is 19.8 Å². The SMILES string of the molecule is CCCCCN(C)c1nc(NN)nc(C)c1[N+](=O)[O-]. The average Bonchev–Trinajstić information content (AvgIpc) is 2.37. The highest BCUT2D eigenvalue weighted by Gasteiger charge is 2.24. The average molecular weight is 268 g/mol. The maximum atomic E-state index is 11.1. The quantitative estimate of drug-likeness (QED) is 0.334. The van der Waals surface area contributed by atoms with Crippen molar-refractivity contribution in [1.29, 1.82) is 0 Å². The van der Waals surface area contributed by atoms with Gasteiger partial charge in [-0.3, -0.25) is 15.5 Å². The molecule has 0 radical (unpaired) electrons. The van der Waals surface area contributed by atoms with Crippen LogP contribution in [-0.2, 0) is 0 Å². The number of nitrogens with zero attached hydrogens (tertiary/aromatic N) is 4. The number of hydrogen-bond acceptors (Lipinski definition) is 7. The van der Waals surface area contributed by atoms with Crippen molar-refractivity contribution < 1.29 is 4.92 Å². The highest BCUT2D eigenvalue weighted by atomic mass is 16.6. The molecule has 0 saturated carbocycles. The summed E-state index contributed by atoms with van der Waals surface area (Å²) in [7, 11) is 1.78. The highest BCUT2D eigenvalue weighted by molar-refractivity contribution is 5.61. The van der Waals surface area contributed by atoms with Crippen molar-refractivity contribution in [3.05, 3.63) is 15.8 Å². The van der Waals surface area contributed by atoms with E-state index >= 15 is 0 Å². The van der Waals surface area contributed by atoms with Crippen LogP contribution in [0, 0.1) is 17.0 Å². The van der Waals surface area contributed by atoms with E-state index in [1.807, 2.05) is 0 Å². The van der Waals surface area contributed by atoms with E-state index in [0.29, 0.717) is 18.1 Å². The second-order valence-corrected chi connectivity index (χ2v) is 4.33. The predicted molar refractivity (Wildman–Crippen MR) is 74.0 cm³/mol. The predicted octanol–water partition coefficient (Wildman–Crippen LogP) is 1.61. The first-order chi connectivity index (χ1) is 9.01. The van der Waals surface area contributed by atoms with Gasteiger partial charge in [0, 0.05) is 13.6 Å². The molecule has 0 aliphatic rings. The highest BCUT2D eigenvalue weighted by Crippen LogP contribution is 2.29. The maximum Gasteiger partial charge on any atom is 0.332 e. The molecule has 8 heteroatoms. The van der Waals surface area contributed by atoms with Crippen molar-refractivity contribution in [1.82, 2.24) is 9.97 Å². The van der Waals surface area contributed by atoms with Gasteiger partial charge in [-0.25, -0.2) is 10.8 Å². The fraction of sp³-hybridized carbons (Fsp3) is 0.636. The summed E-state index contributed by atoms with van der Waals surface area (Å²) in [6.45, 7) is 4.38. The number of aryl methyl sites for hydroxylation is 1. The summed E-state index contributed by atoms with van der Waals surface area (Å²) >= 11 is 0. The summed E-state index contributed by atoms with van der Waals surface area (Å²) in [5, 5.41) is 11.1. The Morgan fingerprint density at radius 3 is 2.63 bits per heavy atom. The number of anilines is 2. The zero-order valence-electron chi connectivity index (χ0n) is 11.5. The van der Waals surface area contributed by atoms with Crippen LogP contribution >= 0.6 is 0 Å². The van der Waals surface area contributed by atoms with Crippen LogP contribution in [0.5, 0.6) is 0 Å². The lowest BCUT2D eigenvalue weighted by Crippen LogP contribution is -2.23. The van der Waals surface area contributed by atoms with Crippen LogP contribution in [0.4, 0.5) is 17.5 Å². The molecule has 0 bridgehead atoms. The Labute approximate surface area is 112 Å². The van der Waals surface area contributed by atoms with Crippen LogP contribution in [-0.4, -0.2) is 28.5 Å². The van der Waals surface area contributed by atoms with Crippen molar-refractivity contribution in [2.24, 2.45) is 5.84 Å². The van der Waals surface area contributed by atoms with Crippen LogP contribution in [0.3, 0.4) is 0 Å². The molecule has 1 aromatic heterocycles. The van der Waals surface area contributed by atoms with Gasteiger partial charge in [0.05, 0.1) is 4.92 Å². The van der Waals surface area contributed by atoms with E-state index in [-0.39, 0.29) is 11.6 Å². The zero-order valence-corrected chi connectivity index (χ0v) is 11.5. The molecular formula is C11H20N6O2. The van der Waals surface area contributed by atoms with Crippen molar-refractivity contribution in [2.45, 2.75) is 33.1 Å². The standard InChI is InChI=1S/C11H20N6O2/c1-4-5-6-7-16(3)10-9(17(18)19)8(2)13-11(14-10)15-12/h4-7,12H2,1-3H3,(H,13,14,15). The van der Waals surface area contributed by atoms with Crippen LogP contribution < -0.4 is 16.2 Å². The van der Waals surface area contributed by atoms with Gasteiger partial charge >= 0.3 is 5.69 Å². The minimum absolute atomic E-state index is 0.0713. The number of nitrogens with one attached hydrogen (secondary N) is 1. The number of nitrogen functional groups attached to an aromatic ring is 1. The molecule has 1 heterocycles. The summed E-state index contributed by atoms with van der Waals surface area (Å²) in [5.41, 5.74) is 2.55. The number of rotatable bonds is 7. The van der Waals surface area contributed by atoms with Crippen molar-refractivity contribution >= 4 is 17.5 Å². The minimum atomic E-state index is -0.457. The molecule has 0 amide bonds. The number of unbranched alkanes of at least 4 members (excludes halogenated alkanes) is 2. The van der Waals surface area contributed by atoms with Gasteiger partial charge in [-0.15, -0.1) is 0 Å². The Morgan fingerprint density at radius 2 is 2.11 bits per heavy atom. The number of aromatic nitrogens is 2. The zero-order chi connectivity index (χ0) is 14.4. The second-order valence-electron chi connectivity index (χ2n) is 4.33. The van der Waals surface area contributed by atoms with Crippen LogP contribution in [0.1, 0.15) is 31.9 Å². The van der Waals surface area contributed by atoms with E-state index in [0.717, 1.165) is 19.3 Å². The van der Waals surface area contributed by atoms with Gasteiger partial charge in [0.15, 0.2) is 0 Å². The van der Waals surface area contributed by atoms with Crippen LogP contribution in [0.25, 0.3) is 0 Å². The third-order valence-corrected chi connectivity index (χ3v) is 2.81. The fourth-order valence-electron chi connectivity index (χ4n) is 1.80. The van der Waals surface area contributed by atoms with Crippen LogP contribution in [0.2, 0.25) is 0 Å². The first-order valence-electron chi connectivity index (χ1n) is 6.22. The van der Waals surface area contributed by atoms with Gasteiger partial charge in [-0.05, 0) is 13.3 Å². The molecule has 0 aliphatic carbocycles. The van der Waals surface area contributed by atoms with E-state index in [9.17, 15) is 10.1 Å². The number of nitrogens with two attached hydrogens (primary N) is 1. The lowest BCUT2D eigenvalue weighted by molar-refractivity contribution is -0.385. The Hall–Kier alpha value is -1.96. The minimum Gasteiger partial charge on any atom is -0.354 e. The Kier molecular flexibility index (Phi) is 5.43. The van der Waals surface area contributed by atoms with Gasteiger partial charge in [-0.2, -0.15) is 4.98 Å². The van der Waals surface area contributed by atoms with E-state index in [2.05, 4.69) is 22.3 Å². The van der Waals surface area contributed by atoms with E-state index in [4.69, 9.17) is 5.84 Å². The summed E-state index contributed by atoms with van der Waals surface area (Å²) < 4.78 is 0. The molecule has 0 atom stereocenters. The van der Waals surface area contributed by atoms with Crippen LogP contribution in [0.15, 0.2) is 0 Å². The first kappa shape index (κ1) is 15.1. The lowest BCUT2D eigenvalue weighted by Gasteiger charge is -2.18. The van der Waals surface area contributed by atoms with E-state index in [1.165, 1.54) is 0 Å². The molecule has 0 aliphatic heterocycles. The molecule has 0 spiro atoms. The summed E-state index contributed by atoms with van der Waals surface area (Å²) in [6.07, 6.45) is 3.12. The van der Waals surface area contributed by atoms with Gasteiger partial charge < -0.3 is 4.90 Å². The van der Waals surface area contributed by atoms with Crippen molar-refractivity contribution in [3.63, 3.8) is 0 Å². The van der Waals surface area contributed by atoms with Crippen molar-refractivity contribution in [2.75, 3.05) is 23.9 Å². The molecule has 3 N–H and O–H groups in total. The Bertz CT molecular complexity index is 451. The molecule has 0 aromatic carbocycles. The first-order valence-corrected chi connectivity index (χ1v) is 6.22. The molecule has 8 nitrogen and oxygen atoms in total. The third-order valence-electron chi connectivity index (χ3n) is 2.81. The fourth-order valence-corrected chi connectivity index (χ4v) is 1.80. The smallest absolute Gasteiger partial charge is 0.332 e. The van der Waals surface area contributed by atoms with E-state index < -0.39 is 4.92 Å². The molecule has 0 fully saturated rings. The van der Waals surface area contributed by atoms with Gasteiger partial charge in [0.25, 0.3) is 0 Å². The van der Waals surface area contributed by atoms with Gasteiger partial charge in [0.1, 0.15) is 5.69 Å². The molecule has 0 saturated heterocycles. The maximum absolute atomic E-state index is 11.1. The Balaban J connectivity index is 3.07. The lowest BCUT2D eigenvalue weighted by atomic mass is 10.2. The monoisotopic (exact) mass is 268 g/mol. The number of hydrazine groups is 1. The third kappa shape index (κ3) is 3.75. The topological polar surface area (TPSA) is 110 Å². The second kappa shape index (κ2) is 6.83. The molecule has 1 rings (SSSR count). The normalized spacial score (nSPS) is 10.3. The molecule has 1 aromatic rings. The van der Waals surface area contributed by atoms with Crippen molar-refractivity contribution in [3.8, 4) is 0 Å². The summed E-state index contributed by atoms with van der Waals surface area (Å²) in [4.78, 5) is 20.5.